The van der Waals surface area contributed by atoms with Gasteiger partial charge in [-0.1, -0.05) is 31.9 Å². The predicted molar refractivity (Wildman–Crippen MR) is 93.1 cm³/mol. The Balaban J connectivity index is 1.80. The molecule has 1 aliphatic carbocycles. The first-order valence-corrected chi connectivity index (χ1v) is 8.86. The van der Waals surface area contributed by atoms with Gasteiger partial charge >= 0.3 is 0 Å². The number of ether oxygens (including phenoxy) is 3. The first kappa shape index (κ1) is 18.7. The minimum Gasteiger partial charge on any atom is -0.491 e. The molecule has 1 unspecified atom stereocenters. The third-order valence-electron chi connectivity index (χ3n) is 4.24. The van der Waals surface area contributed by atoms with Gasteiger partial charge in [0, 0.05) is 13.7 Å². The van der Waals surface area contributed by atoms with E-state index in [1.54, 1.807) is 7.11 Å². The molecule has 0 saturated heterocycles. The van der Waals surface area contributed by atoms with Gasteiger partial charge < -0.3 is 19.5 Å². The Morgan fingerprint density at radius 1 is 1.29 bits per heavy atom. The number of rotatable bonds is 10. The second kappa shape index (κ2) is 10.3. The fraction of sp³-hybridized carbons (Fsp3) is 0.632. The number of carbonyl (C=O) groups is 1. The van der Waals surface area contributed by atoms with E-state index in [4.69, 9.17) is 14.2 Å². The van der Waals surface area contributed by atoms with Crippen molar-refractivity contribution in [3.8, 4) is 5.75 Å². The number of methoxy groups -OCH3 is 1. The maximum Gasteiger partial charge on any atom is 0.249 e. The van der Waals surface area contributed by atoms with Crippen LogP contribution in [0.3, 0.4) is 0 Å². The van der Waals surface area contributed by atoms with Gasteiger partial charge in [-0.2, -0.15) is 0 Å². The zero-order valence-corrected chi connectivity index (χ0v) is 14.8. The molecule has 0 spiro atoms. The van der Waals surface area contributed by atoms with Gasteiger partial charge in [0.05, 0.1) is 12.7 Å². The maximum atomic E-state index is 12.3. The predicted octanol–water partition coefficient (Wildman–Crippen LogP) is 3.07. The molecule has 5 nitrogen and oxygen atoms in total. The Morgan fingerprint density at radius 2 is 2.08 bits per heavy atom. The SMILES string of the molecule is CCC(OC1CCCC1)C(=O)NCc1cccc(OCCOC)c1. The summed E-state index contributed by atoms with van der Waals surface area (Å²) in [5, 5.41) is 2.97. The van der Waals surface area contributed by atoms with Gasteiger partial charge in [-0.25, -0.2) is 0 Å². The quantitative estimate of drug-likeness (QED) is 0.668. The monoisotopic (exact) mass is 335 g/mol. The summed E-state index contributed by atoms with van der Waals surface area (Å²) in [5.41, 5.74) is 1.01. The van der Waals surface area contributed by atoms with Crippen LogP contribution in [0.5, 0.6) is 5.75 Å². The summed E-state index contributed by atoms with van der Waals surface area (Å²) in [5.74, 6) is 0.753. The van der Waals surface area contributed by atoms with E-state index in [-0.39, 0.29) is 18.1 Å². The van der Waals surface area contributed by atoms with Gasteiger partial charge in [0.15, 0.2) is 0 Å². The molecule has 1 amide bonds. The Hall–Kier alpha value is -1.59. The maximum absolute atomic E-state index is 12.3. The average molecular weight is 335 g/mol. The van der Waals surface area contributed by atoms with Crippen LogP contribution in [0.25, 0.3) is 0 Å². The second-order valence-corrected chi connectivity index (χ2v) is 6.15. The Labute approximate surface area is 144 Å². The molecule has 1 saturated carbocycles. The molecule has 1 N–H and O–H groups in total. The Morgan fingerprint density at radius 3 is 2.79 bits per heavy atom. The van der Waals surface area contributed by atoms with Crippen LogP contribution < -0.4 is 10.1 Å². The molecular formula is C19H29NO4. The summed E-state index contributed by atoms with van der Waals surface area (Å²) in [6.07, 6.45) is 5.15. The van der Waals surface area contributed by atoms with Gasteiger partial charge in [0.1, 0.15) is 18.5 Å². The van der Waals surface area contributed by atoms with Crippen molar-refractivity contribution in [2.45, 2.75) is 57.8 Å². The summed E-state index contributed by atoms with van der Waals surface area (Å²) in [6.45, 7) is 3.53. The van der Waals surface area contributed by atoms with E-state index in [1.807, 2.05) is 31.2 Å². The van der Waals surface area contributed by atoms with Crippen LogP contribution in [0.1, 0.15) is 44.6 Å². The largest absolute Gasteiger partial charge is 0.491 e. The summed E-state index contributed by atoms with van der Waals surface area (Å²) < 4.78 is 16.5. The minimum atomic E-state index is -0.353. The van der Waals surface area contributed by atoms with Crippen molar-refractivity contribution in [2.75, 3.05) is 20.3 Å². The van der Waals surface area contributed by atoms with E-state index in [9.17, 15) is 4.79 Å². The van der Waals surface area contributed by atoms with Gasteiger partial charge in [0.25, 0.3) is 0 Å². The van der Waals surface area contributed by atoms with E-state index in [0.717, 1.165) is 24.2 Å². The molecule has 0 radical (unpaired) electrons. The summed E-state index contributed by atoms with van der Waals surface area (Å²) in [7, 11) is 1.65. The standard InChI is InChI=1S/C19H29NO4/c1-3-18(24-16-8-4-5-9-16)19(21)20-14-15-7-6-10-17(13-15)23-12-11-22-2/h6-7,10,13,16,18H,3-5,8-9,11-12,14H2,1-2H3,(H,20,21). The fourth-order valence-corrected chi connectivity index (χ4v) is 2.89. The highest BCUT2D eigenvalue weighted by Gasteiger charge is 2.24. The lowest BCUT2D eigenvalue weighted by atomic mass is 10.2. The number of hydrogen-bond donors (Lipinski definition) is 1. The van der Waals surface area contributed by atoms with Gasteiger partial charge in [-0.05, 0) is 37.0 Å². The van der Waals surface area contributed by atoms with E-state index in [2.05, 4.69) is 5.32 Å². The number of carbonyl (C=O) groups excluding carboxylic acids is 1. The molecule has 1 aromatic carbocycles. The highest BCUT2D eigenvalue weighted by atomic mass is 16.5. The highest BCUT2D eigenvalue weighted by molar-refractivity contribution is 5.80. The van der Waals surface area contributed by atoms with Crippen molar-refractivity contribution in [2.24, 2.45) is 0 Å². The first-order chi connectivity index (χ1) is 11.7. The minimum absolute atomic E-state index is 0.0323. The number of amides is 1. The van der Waals surface area contributed by atoms with Gasteiger partial charge in [-0.3, -0.25) is 4.79 Å². The third kappa shape index (κ3) is 6.13. The lowest BCUT2D eigenvalue weighted by Crippen LogP contribution is -2.37. The molecule has 1 aromatic rings. The van der Waals surface area contributed by atoms with Crippen LogP contribution in [0.4, 0.5) is 0 Å². The zero-order valence-electron chi connectivity index (χ0n) is 14.8. The molecule has 2 rings (SSSR count). The molecule has 1 atom stereocenters. The van der Waals surface area contributed by atoms with Crippen LogP contribution >= 0.6 is 0 Å². The Kier molecular flexibility index (Phi) is 8.05. The number of nitrogens with one attached hydrogen (secondary N) is 1. The van der Waals surface area contributed by atoms with Crippen molar-refractivity contribution < 1.29 is 19.0 Å². The Bertz CT molecular complexity index is 500. The fourth-order valence-electron chi connectivity index (χ4n) is 2.89. The number of hydrogen-bond acceptors (Lipinski definition) is 4. The van der Waals surface area contributed by atoms with Crippen LogP contribution in [0.15, 0.2) is 24.3 Å². The summed E-state index contributed by atoms with van der Waals surface area (Å²) in [4.78, 5) is 12.3. The molecule has 0 aromatic heterocycles. The van der Waals surface area contributed by atoms with Crippen LogP contribution in [0, 0.1) is 0 Å². The van der Waals surface area contributed by atoms with Crippen LogP contribution in [0.2, 0.25) is 0 Å². The topological polar surface area (TPSA) is 56.8 Å². The molecule has 0 heterocycles. The lowest BCUT2D eigenvalue weighted by molar-refractivity contribution is -0.136. The normalized spacial score (nSPS) is 16.1. The van der Waals surface area contributed by atoms with Crippen molar-refractivity contribution in [3.05, 3.63) is 29.8 Å². The molecule has 1 fully saturated rings. The first-order valence-electron chi connectivity index (χ1n) is 8.86. The molecule has 0 bridgehead atoms. The average Bonchev–Trinajstić information content (AvgIpc) is 3.11. The van der Waals surface area contributed by atoms with Gasteiger partial charge in [0.2, 0.25) is 5.91 Å². The molecule has 134 valence electrons. The van der Waals surface area contributed by atoms with Crippen molar-refractivity contribution in [1.29, 1.82) is 0 Å². The van der Waals surface area contributed by atoms with E-state index < -0.39 is 0 Å². The van der Waals surface area contributed by atoms with E-state index in [1.165, 1.54) is 12.8 Å². The molecule has 0 aliphatic heterocycles. The zero-order chi connectivity index (χ0) is 17.2. The molecule has 1 aliphatic rings. The smallest absolute Gasteiger partial charge is 0.249 e. The van der Waals surface area contributed by atoms with E-state index in [0.29, 0.717) is 26.2 Å². The highest BCUT2D eigenvalue weighted by Crippen LogP contribution is 2.23. The van der Waals surface area contributed by atoms with Crippen molar-refractivity contribution in [1.82, 2.24) is 5.32 Å². The summed E-state index contributed by atoms with van der Waals surface area (Å²) >= 11 is 0. The van der Waals surface area contributed by atoms with Crippen LogP contribution in [-0.2, 0) is 20.8 Å². The molecule has 24 heavy (non-hydrogen) atoms. The number of benzene rings is 1. The van der Waals surface area contributed by atoms with Crippen molar-refractivity contribution in [3.63, 3.8) is 0 Å². The molecular weight excluding hydrogens is 306 g/mol. The summed E-state index contributed by atoms with van der Waals surface area (Å²) in [6, 6.07) is 7.74. The lowest BCUT2D eigenvalue weighted by Gasteiger charge is -2.20. The van der Waals surface area contributed by atoms with Gasteiger partial charge in [-0.15, -0.1) is 0 Å². The van der Waals surface area contributed by atoms with E-state index >= 15 is 0 Å². The molecule has 5 heteroatoms. The third-order valence-corrected chi connectivity index (χ3v) is 4.24. The second-order valence-electron chi connectivity index (χ2n) is 6.15. The van der Waals surface area contributed by atoms with Crippen LogP contribution in [-0.4, -0.2) is 38.4 Å². The van der Waals surface area contributed by atoms with Crippen molar-refractivity contribution >= 4 is 5.91 Å².